The van der Waals surface area contributed by atoms with Gasteiger partial charge in [-0.05, 0) is 30.9 Å². The maximum atomic E-state index is 4.43. The molecule has 0 aromatic carbocycles. The highest BCUT2D eigenvalue weighted by Gasteiger charge is 2.14. The van der Waals surface area contributed by atoms with Crippen LogP contribution in [0.1, 0.15) is 25.6 Å². The molecule has 14 heavy (non-hydrogen) atoms. The number of nitrogens with zero attached hydrogens (tertiary/aromatic N) is 2. The number of hydrogen-bond acceptors (Lipinski definition) is 5. The molecule has 1 aliphatic rings. The number of hydrogen-bond donors (Lipinski definition) is 1. The van der Waals surface area contributed by atoms with E-state index >= 15 is 0 Å². The van der Waals surface area contributed by atoms with Crippen LogP contribution in [-0.2, 0) is 6.42 Å². The third-order valence-electron chi connectivity index (χ3n) is 2.34. The number of aromatic nitrogens is 2. The summed E-state index contributed by atoms with van der Waals surface area (Å²) >= 11 is 3.37. The molecule has 1 aliphatic heterocycles. The van der Waals surface area contributed by atoms with E-state index in [0.29, 0.717) is 6.04 Å². The highest BCUT2D eigenvalue weighted by Crippen LogP contribution is 2.23. The summed E-state index contributed by atoms with van der Waals surface area (Å²) < 4.78 is 5.39. The van der Waals surface area contributed by atoms with Gasteiger partial charge in [0.1, 0.15) is 5.82 Å². The summed E-state index contributed by atoms with van der Waals surface area (Å²) in [5.74, 6) is 2.12. The van der Waals surface area contributed by atoms with Crippen molar-refractivity contribution in [2.75, 3.05) is 12.3 Å². The Morgan fingerprint density at radius 1 is 1.64 bits per heavy atom. The Kier molecular flexibility index (Phi) is 3.78. The summed E-state index contributed by atoms with van der Waals surface area (Å²) in [6.45, 7) is 3.27. The van der Waals surface area contributed by atoms with E-state index in [2.05, 4.69) is 21.6 Å². The van der Waals surface area contributed by atoms with E-state index in [-0.39, 0.29) is 0 Å². The first-order valence-corrected chi connectivity index (χ1v) is 6.83. The van der Waals surface area contributed by atoms with Gasteiger partial charge in [-0.15, -0.1) is 0 Å². The van der Waals surface area contributed by atoms with E-state index < -0.39 is 0 Å². The van der Waals surface area contributed by atoms with Crippen LogP contribution in [0.4, 0.5) is 0 Å². The van der Waals surface area contributed by atoms with Crippen molar-refractivity contribution in [3.63, 3.8) is 0 Å². The minimum Gasteiger partial charge on any atom is -0.313 e. The van der Waals surface area contributed by atoms with Crippen LogP contribution in [0.5, 0.6) is 0 Å². The number of aryl methyl sites for hydroxylation is 1. The fraction of sp³-hybridized carbons (Fsp3) is 0.778. The Balaban J connectivity index is 1.79. The third-order valence-corrected chi connectivity index (χ3v) is 4.37. The molecule has 1 aromatic rings. The first-order chi connectivity index (χ1) is 6.88. The van der Waals surface area contributed by atoms with E-state index in [1.54, 1.807) is 0 Å². The third kappa shape index (κ3) is 2.68. The highest BCUT2D eigenvalue weighted by molar-refractivity contribution is 8.00. The molecule has 5 heteroatoms. The molecule has 1 aromatic heterocycles. The topological polar surface area (TPSA) is 37.8 Å². The van der Waals surface area contributed by atoms with Gasteiger partial charge in [0.15, 0.2) is 4.34 Å². The first kappa shape index (κ1) is 10.4. The smallest absolute Gasteiger partial charge is 0.170 e. The van der Waals surface area contributed by atoms with Crippen LogP contribution in [0, 0.1) is 0 Å². The average molecular weight is 229 g/mol. The minimum atomic E-state index is 0.689. The Morgan fingerprint density at radius 3 is 3.21 bits per heavy atom. The van der Waals surface area contributed by atoms with E-state index in [4.69, 9.17) is 0 Å². The van der Waals surface area contributed by atoms with Crippen molar-refractivity contribution in [1.82, 2.24) is 14.7 Å². The zero-order chi connectivity index (χ0) is 9.80. The standard InChI is InChI=1S/C9H15N3S2/c1-2-8-11-9(14-12-8)13-6-7-4-3-5-10-7/h7,10H,2-6H2,1H3. The van der Waals surface area contributed by atoms with E-state index in [9.17, 15) is 0 Å². The summed E-state index contributed by atoms with van der Waals surface area (Å²) in [4.78, 5) is 4.43. The molecular weight excluding hydrogens is 214 g/mol. The molecule has 0 spiro atoms. The molecule has 1 unspecified atom stereocenters. The highest BCUT2D eigenvalue weighted by atomic mass is 32.2. The lowest BCUT2D eigenvalue weighted by Crippen LogP contribution is -2.23. The van der Waals surface area contributed by atoms with Crippen LogP contribution in [0.2, 0.25) is 0 Å². The second kappa shape index (κ2) is 5.09. The van der Waals surface area contributed by atoms with Crippen molar-refractivity contribution in [2.24, 2.45) is 0 Å². The van der Waals surface area contributed by atoms with E-state index in [1.807, 2.05) is 11.8 Å². The lowest BCUT2D eigenvalue weighted by Gasteiger charge is -2.06. The van der Waals surface area contributed by atoms with Crippen LogP contribution < -0.4 is 5.32 Å². The van der Waals surface area contributed by atoms with Gasteiger partial charge in [0.25, 0.3) is 0 Å². The molecule has 1 fully saturated rings. The predicted octanol–water partition coefficient (Wildman–Crippen LogP) is 1.94. The monoisotopic (exact) mass is 229 g/mol. The Morgan fingerprint density at radius 2 is 2.57 bits per heavy atom. The molecule has 1 saturated heterocycles. The van der Waals surface area contributed by atoms with Crippen molar-refractivity contribution >= 4 is 23.3 Å². The Labute approximate surface area is 92.9 Å². The van der Waals surface area contributed by atoms with Crippen molar-refractivity contribution in [3.8, 4) is 0 Å². The van der Waals surface area contributed by atoms with Crippen LogP contribution in [-0.4, -0.2) is 27.7 Å². The fourth-order valence-corrected chi connectivity index (χ4v) is 3.34. The van der Waals surface area contributed by atoms with E-state index in [1.165, 1.54) is 30.9 Å². The Hall–Kier alpha value is -0.130. The van der Waals surface area contributed by atoms with Crippen molar-refractivity contribution in [1.29, 1.82) is 0 Å². The quantitative estimate of drug-likeness (QED) is 0.801. The molecule has 0 radical (unpaired) electrons. The maximum Gasteiger partial charge on any atom is 0.170 e. The molecule has 0 amide bonds. The summed E-state index contributed by atoms with van der Waals surface area (Å²) in [7, 11) is 0. The molecule has 78 valence electrons. The van der Waals surface area contributed by atoms with Crippen molar-refractivity contribution in [2.45, 2.75) is 36.6 Å². The van der Waals surface area contributed by atoms with Crippen LogP contribution in [0.3, 0.4) is 0 Å². The van der Waals surface area contributed by atoms with Gasteiger partial charge in [0.2, 0.25) is 0 Å². The molecule has 1 atom stereocenters. The average Bonchev–Trinajstić information content (AvgIpc) is 2.86. The van der Waals surface area contributed by atoms with Crippen molar-refractivity contribution < 1.29 is 0 Å². The number of rotatable bonds is 4. The van der Waals surface area contributed by atoms with Gasteiger partial charge in [-0.3, -0.25) is 0 Å². The summed E-state index contributed by atoms with van der Waals surface area (Å²) in [5, 5.41) is 3.48. The zero-order valence-electron chi connectivity index (χ0n) is 8.32. The lowest BCUT2D eigenvalue weighted by molar-refractivity contribution is 0.674. The largest absolute Gasteiger partial charge is 0.313 e. The summed E-state index contributed by atoms with van der Waals surface area (Å²) in [6, 6.07) is 0.689. The first-order valence-electron chi connectivity index (χ1n) is 5.07. The fourth-order valence-electron chi connectivity index (χ4n) is 1.51. The Bertz CT molecular complexity index is 281. The zero-order valence-corrected chi connectivity index (χ0v) is 9.96. The summed E-state index contributed by atoms with van der Waals surface area (Å²) in [6.07, 6.45) is 3.58. The van der Waals surface area contributed by atoms with Gasteiger partial charge in [0.05, 0.1) is 0 Å². The molecule has 2 heterocycles. The maximum absolute atomic E-state index is 4.43. The SMILES string of the molecule is CCc1nsc(SCC2CCCN2)n1. The van der Waals surface area contributed by atoms with Gasteiger partial charge >= 0.3 is 0 Å². The van der Waals surface area contributed by atoms with Crippen molar-refractivity contribution in [3.05, 3.63) is 5.82 Å². The van der Waals surface area contributed by atoms with Gasteiger partial charge in [-0.25, -0.2) is 4.98 Å². The molecule has 1 N–H and O–H groups in total. The molecule has 0 aliphatic carbocycles. The van der Waals surface area contributed by atoms with Gasteiger partial charge in [0, 0.05) is 18.2 Å². The second-order valence-corrected chi connectivity index (χ2v) is 5.45. The second-order valence-electron chi connectivity index (χ2n) is 3.43. The van der Waals surface area contributed by atoms with Gasteiger partial charge in [-0.2, -0.15) is 4.37 Å². The molecule has 2 rings (SSSR count). The van der Waals surface area contributed by atoms with Crippen LogP contribution in [0.15, 0.2) is 4.34 Å². The van der Waals surface area contributed by atoms with Crippen LogP contribution in [0.25, 0.3) is 0 Å². The van der Waals surface area contributed by atoms with E-state index in [0.717, 1.165) is 22.3 Å². The van der Waals surface area contributed by atoms with Crippen LogP contribution >= 0.6 is 23.3 Å². The predicted molar refractivity (Wildman–Crippen MR) is 61.0 cm³/mol. The lowest BCUT2D eigenvalue weighted by atomic mass is 10.3. The molecule has 0 bridgehead atoms. The minimum absolute atomic E-state index is 0.689. The normalized spacial score (nSPS) is 21.6. The molecule has 3 nitrogen and oxygen atoms in total. The number of nitrogens with one attached hydrogen (secondary N) is 1. The van der Waals surface area contributed by atoms with Gasteiger partial charge in [-0.1, -0.05) is 18.7 Å². The van der Waals surface area contributed by atoms with Gasteiger partial charge < -0.3 is 5.32 Å². The summed E-state index contributed by atoms with van der Waals surface area (Å²) in [5.41, 5.74) is 0. The number of thioether (sulfide) groups is 1. The molecular formula is C9H15N3S2. The molecule has 0 saturated carbocycles.